The van der Waals surface area contributed by atoms with Gasteiger partial charge in [-0.05, 0) is 25.0 Å². The Hall–Kier alpha value is -2.25. The summed E-state index contributed by atoms with van der Waals surface area (Å²) in [5.41, 5.74) is -1.93. The highest BCUT2D eigenvalue weighted by Crippen LogP contribution is 2.34. The first-order chi connectivity index (χ1) is 11.3. The zero-order valence-corrected chi connectivity index (χ0v) is 12.9. The number of benzene rings is 1. The maximum Gasteiger partial charge on any atom is 0.417 e. The van der Waals surface area contributed by atoms with Gasteiger partial charge in [0, 0.05) is 19.5 Å². The highest BCUT2D eigenvalue weighted by atomic mass is 19.4. The third kappa shape index (κ3) is 3.18. The molecule has 2 aliphatic rings. The van der Waals surface area contributed by atoms with Gasteiger partial charge in [0.25, 0.3) is 5.91 Å². The zero-order chi connectivity index (χ0) is 17.4. The molecular formula is C16H17F3N2O3. The second-order valence-electron chi connectivity index (χ2n) is 6.12. The second-order valence-corrected chi connectivity index (χ2v) is 6.12. The average Bonchev–Trinajstić information content (AvgIpc) is 2.77. The molecule has 1 atom stereocenters. The molecule has 0 saturated carbocycles. The third-order valence-corrected chi connectivity index (χ3v) is 4.51. The van der Waals surface area contributed by atoms with E-state index in [-0.39, 0.29) is 12.1 Å². The van der Waals surface area contributed by atoms with Crippen LogP contribution in [0, 0.1) is 0 Å². The Kier molecular flexibility index (Phi) is 4.15. The monoisotopic (exact) mass is 342 g/mol. The van der Waals surface area contributed by atoms with E-state index in [1.165, 1.54) is 23.1 Å². The Morgan fingerprint density at radius 1 is 1.21 bits per heavy atom. The summed E-state index contributed by atoms with van der Waals surface area (Å²) in [5.74, 6) is -0.641. The molecule has 1 aromatic carbocycles. The standard InChI is InChI=1S/C16H17F3N2O3/c17-16(18,19)12-5-2-1-4-11(12)13(22)21-8-3-6-15(7-9-21)10-20-14(23)24-15/h1-2,4-5H,3,6-10H2,(H,20,23)/t15-/m0/s1. The van der Waals surface area contributed by atoms with Gasteiger partial charge in [-0.15, -0.1) is 0 Å². The summed E-state index contributed by atoms with van der Waals surface area (Å²) < 4.78 is 44.6. The van der Waals surface area contributed by atoms with E-state index in [4.69, 9.17) is 4.74 Å². The molecule has 3 rings (SSSR count). The van der Waals surface area contributed by atoms with Gasteiger partial charge in [-0.1, -0.05) is 12.1 Å². The van der Waals surface area contributed by atoms with Crippen LogP contribution in [-0.2, 0) is 10.9 Å². The summed E-state index contributed by atoms with van der Waals surface area (Å²) in [5, 5.41) is 2.60. The molecule has 24 heavy (non-hydrogen) atoms. The van der Waals surface area contributed by atoms with Gasteiger partial charge in [0.15, 0.2) is 0 Å². The number of hydrogen-bond donors (Lipinski definition) is 1. The van der Waals surface area contributed by atoms with Crippen LogP contribution in [0.5, 0.6) is 0 Å². The summed E-state index contributed by atoms with van der Waals surface area (Å²) >= 11 is 0. The number of halogens is 3. The number of alkyl halides is 3. The molecule has 2 saturated heterocycles. The minimum Gasteiger partial charge on any atom is -0.441 e. The lowest BCUT2D eigenvalue weighted by Crippen LogP contribution is -2.37. The summed E-state index contributed by atoms with van der Waals surface area (Å²) in [4.78, 5) is 25.3. The second kappa shape index (κ2) is 5.99. The Morgan fingerprint density at radius 2 is 1.96 bits per heavy atom. The van der Waals surface area contributed by atoms with E-state index in [0.29, 0.717) is 32.4 Å². The largest absolute Gasteiger partial charge is 0.441 e. The first kappa shape index (κ1) is 16.6. The molecule has 2 aliphatic heterocycles. The smallest absolute Gasteiger partial charge is 0.417 e. The first-order valence-electron chi connectivity index (χ1n) is 7.73. The topological polar surface area (TPSA) is 58.6 Å². The minimum absolute atomic E-state index is 0.250. The molecule has 0 aliphatic carbocycles. The number of rotatable bonds is 1. The van der Waals surface area contributed by atoms with E-state index in [1.54, 1.807) is 0 Å². The zero-order valence-electron chi connectivity index (χ0n) is 12.9. The van der Waals surface area contributed by atoms with E-state index in [2.05, 4.69) is 5.32 Å². The fourth-order valence-electron chi connectivity index (χ4n) is 3.24. The van der Waals surface area contributed by atoms with Crippen LogP contribution in [0.1, 0.15) is 35.2 Å². The molecule has 8 heteroatoms. The Balaban J connectivity index is 1.78. The predicted molar refractivity (Wildman–Crippen MR) is 78.4 cm³/mol. The molecule has 0 aromatic heterocycles. The van der Waals surface area contributed by atoms with Crippen LogP contribution in [0.15, 0.2) is 24.3 Å². The fourth-order valence-corrected chi connectivity index (χ4v) is 3.24. The van der Waals surface area contributed by atoms with Crippen LogP contribution < -0.4 is 5.32 Å². The number of nitrogens with one attached hydrogen (secondary N) is 1. The van der Waals surface area contributed by atoms with Crippen molar-refractivity contribution in [2.45, 2.75) is 31.0 Å². The van der Waals surface area contributed by atoms with Gasteiger partial charge in [0.05, 0.1) is 17.7 Å². The normalized spacial score (nSPS) is 24.5. The van der Waals surface area contributed by atoms with Crippen LogP contribution >= 0.6 is 0 Å². The molecule has 5 nitrogen and oxygen atoms in total. The molecule has 2 amide bonds. The molecule has 130 valence electrons. The number of nitrogens with zero attached hydrogens (tertiary/aromatic N) is 1. The van der Waals surface area contributed by atoms with Gasteiger partial charge in [0.1, 0.15) is 5.60 Å². The average molecular weight is 342 g/mol. The van der Waals surface area contributed by atoms with Crippen LogP contribution in [-0.4, -0.2) is 42.1 Å². The molecular weight excluding hydrogens is 325 g/mol. The van der Waals surface area contributed by atoms with Crippen molar-refractivity contribution in [2.75, 3.05) is 19.6 Å². The van der Waals surface area contributed by atoms with E-state index < -0.39 is 29.3 Å². The number of alkyl carbamates (subject to hydrolysis) is 1. The van der Waals surface area contributed by atoms with Gasteiger partial charge < -0.3 is 15.0 Å². The lowest BCUT2D eigenvalue weighted by molar-refractivity contribution is -0.138. The van der Waals surface area contributed by atoms with Crippen LogP contribution in [0.2, 0.25) is 0 Å². The molecule has 1 spiro atoms. The first-order valence-corrected chi connectivity index (χ1v) is 7.73. The molecule has 2 heterocycles. The van der Waals surface area contributed by atoms with Crippen molar-refractivity contribution in [1.82, 2.24) is 10.2 Å². The summed E-state index contributed by atoms with van der Waals surface area (Å²) in [7, 11) is 0. The number of hydrogen-bond acceptors (Lipinski definition) is 3. The Morgan fingerprint density at radius 3 is 2.62 bits per heavy atom. The highest BCUT2D eigenvalue weighted by molar-refractivity contribution is 5.96. The number of ether oxygens (including phenoxy) is 1. The Labute approximate surface area is 136 Å². The maximum absolute atomic E-state index is 13.1. The maximum atomic E-state index is 13.1. The molecule has 2 fully saturated rings. The van der Waals surface area contributed by atoms with Gasteiger partial charge in [-0.3, -0.25) is 4.79 Å². The van der Waals surface area contributed by atoms with Crippen molar-refractivity contribution in [3.05, 3.63) is 35.4 Å². The molecule has 0 radical (unpaired) electrons. The predicted octanol–water partition coefficient (Wildman–Crippen LogP) is 2.81. The SMILES string of the molecule is O=C1NC[C@@]2(CCCN(C(=O)c3ccccc3C(F)(F)F)CC2)O1. The molecule has 0 unspecified atom stereocenters. The quantitative estimate of drug-likeness (QED) is 0.854. The lowest BCUT2D eigenvalue weighted by atomic mass is 9.95. The molecule has 0 bridgehead atoms. The van der Waals surface area contributed by atoms with Gasteiger partial charge in [-0.25, -0.2) is 4.79 Å². The van der Waals surface area contributed by atoms with Crippen molar-refractivity contribution >= 4 is 12.0 Å². The summed E-state index contributed by atoms with van der Waals surface area (Å²) in [6.07, 6.45) is -3.52. The van der Waals surface area contributed by atoms with Crippen LogP contribution in [0.4, 0.5) is 18.0 Å². The number of carbonyl (C=O) groups is 2. The highest BCUT2D eigenvalue weighted by Gasteiger charge is 2.42. The van der Waals surface area contributed by atoms with Crippen molar-refractivity contribution in [3.8, 4) is 0 Å². The van der Waals surface area contributed by atoms with Crippen molar-refractivity contribution in [3.63, 3.8) is 0 Å². The van der Waals surface area contributed by atoms with Crippen LogP contribution in [0.3, 0.4) is 0 Å². The molecule has 1 aromatic rings. The van der Waals surface area contributed by atoms with E-state index in [1.807, 2.05) is 0 Å². The third-order valence-electron chi connectivity index (χ3n) is 4.51. The van der Waals surface area contributed by atoms with Crippen molar-refractivity contribution in [2.24, 2.45) is 0 Å². The summed E-state index contributed by atoms with van der Waals surface area (Å²) in [6.45, 7) is 0.956. The number of carbonyl (C=O) groups excluding carboxylic acids is 2. The molecule has 1 N–H and O–H groups in total. The van der Waals surface area contributed by atoms with E-state index in [0.717, 1.165) is 6.07 Å². The van der Waals surface area contributed by atoms with E-state index in [9.17, 15) is 22.8 Å². The number of likely N-dealkylation sites (tertiary alicyclic amines) is 1. The summed E-state index contributed by atoms with van der Waals surface area (Å²) in [6, 6.07) is 4.79. The Bertz CT molecular complexity index is 662. The number of amides is 2. The van der Waals surface area contributed by atoms with Gasteiger partial charge in [0.2, 0.25) is 0 Å². The van der Waals surface area contributed by atoms with Crippen molar-refractivity contribution < 1.29 is 27.5 Å². The van der Waals surface area contributed by atoms with Crippen LogP contribution in [0.25, 0.3) is 0 Å². The van der Waals surface area contributed by atoms with E-state index >= 15 is 0 Å². The fraction of sp³-hybridized carbons (Fsp3) is 0.500. The van der Waals surface area contributed by atoms with Gasteiger partial charge >= 0.3 is 12.3 Å². The van der Waals surface area contributed by atoms with Crippen molar-refractivity contribution in [1.29, 1.82) is 0 Å². The van der Waals surface area contributed by atoms with Gasteiger partial charge in [-0.2, -0.15) is 13.2 Å². The minimum atomic E-state index is -4.58. The lowest BCUT2D eigenvalue weighted by Gasteiger charge is -2.25.